The van der Waals surface area contributed by atoms with Crippen molar-refractivity contribution >= 4 is 17.6 Å². The van der Waals surface area contributed by atoms with Gasteiger partial charge in [-0.15, -0.1) is 0 Å². The molecule has 0 fully saturated rings. The van der Waals surface area contributed by atoms with Gasteiger partial charge in [0.15, 0.2) is 0 Å². The van der Waals surface area contributed by atoms with Crippen molar-refractivity contribution in [3.05, 3.63) is 53.9 Å². The van der Waals surface area contributed by atoms with Crippen molar-refractivity contribution in [2.24, 2.45) is 0 Å². The molecule has 2 N–H and O–H groups in total. The van der Waals surface area contributed by atoms with Crippen LogP contribution in [0.1, 0.15) is 21.0 Å². The van der Waals surface area contributed by atoms with Gasteiger partial charge in [0.1, 0.15) is 17.1 Å². The number of carbonyl (C=O) groups is 2. The molecule has 0 saturated heterocycles. The lowest BCUT2D eigenvalue weighted by atomic mass is 10.2. The fraction of sp³-hybridized carbons (Fsp3) is 0.0714. The van der Waals surface area contributed by atoms with Gasteiger partial charge < -0.3 is 15.2 Å². The molecule has 0 unspecified atom stereocenters. The Balaban J connectivity index is 2.19. The minimum Gasteiger partial charge on any atom is -0.508 e. The molecule has 0 saturated carbocycles. The Morgan fingerprint density at radius 3 is 2.55 bits per heavy atom. The highest BCUT2D eigenvalue weighted by molar-refractivity contribution is 6.03. The number of amides is 1. The monoisotopic (exact) mass is 272 g/mol. The van der Waals surface area contributed by atoms with Crippen LogP contribution in [0.3, 0.4) is 0 Å². The normalized spacial score (nSPS) is 9.85. The zero-order chi connectivity index (χ0) is 14.5. The van der Waals surface area contributed by atoms with E-state index in [0.717, 1.165) is 0 Å². The first-order chi connectivity index (χ1) is 9.60. The number of ether oxygens (including phenoxy) is 1. The van der Waals surface area contributed by atoms with E-state index in [1.165, 1.54) is 37.4 Å². The van der Waals surface area contributed by atoms with E-state index in [2.05, 4.69) is 15.0 Å². The van der Waals surface area contributed by atoms with E-state index in [0.29, 0.717) is 5.69 Å². The van der Waals surface area contributed by atoms with Crippen LogP contribution in [-0.2, 0) is 4.74 Å². The smallest absolute Gasteiger partial charge is 0.356 e. The average molecular weight is 272 g/mol. The molecule has 20 heavy (non-hydrogen) atoms. The third-order valence-corrected chi connectivity index (χ3v) is 2.48. The van der Waals surface area contributed by atoms with Crippen molar-refractivity contribution in [2.45, 2.75) is 0 Å². The Labute approximate surface area is 115 Å². The maximum atomic E-state index is 12.0. The van der Waals surface area contributed by atoms with Crippen molar-refractivity contribution in [3.8, 4) is 5.75 Å². The number of anilines is 1. The number of phenols is 1. The van der Waals surface area contributed by atoms with E-state index in [1.807, 2.05) is 0 Å². The molecule has 1 amide bonds. The second-order valence-corrected chi connectivity index (χ2v) is 3.90. The molecular weight excluding hydrogens is 260 g/mol. The number of phenolic OH excluding ortho intramolecular Hbond substituents is 1. The number of nitrogens with one attached hydrogen (secondary N) is 1. The van der Waals surface area contributed by atoms with E-state index in [-0.39, 0.29) is 17.1 Å². The van der Waals surface area contributed by atoms with Crippen LogP contribution in [0.4, 0.5) is 5.69 Å². The van der Waals surface area contributed by atoms with Crippen molar-refractivity contribution in [2.75, 3.05) is 12.4 Å². The van der Waals surface area contributed by atoms with Gasteiger partial charge in [-0.05, 0) is 24.3 Å². The van der Waals surface area contributed by atoms with Gasteiger partial charge >= 0.3 is 5.97 Å². The number of rotatable bonds is 3. The highest BCUT2D eigenvalue weighted by atomic mass is 16.5. The summed E-state index contributed by atoms with van der Waals surface area (Å²) in [6.07, 6.45) is 0. The first-order valence-electron chi connectivity index (χ1n) is 5.76. The summed E-state index contributed by atoms with van der Waals surface area (Å²) in [6.45, 7) is 0. The third kappa shape index (κ3) is 3.11. The van der Waals surface area contributed by atoms with Gasteiger partial charge in [-0.1, -0.05) is 12.1 Å². The second kappa shape index (κ2) is 5.83. The van der Waals surface area contributed by atoms with Gasteiger partial charge in [-0.25, -0.2) is 9.78 Å². The number of benzene rings is 1. The SMILES string of the molecule is COC(=O)c1cccc(C(=O)Nc2cccc(O)c2)n1. The van der Waals surface area contributed by atoms with Crippen LogP contribution in [-0.4, -0.2) is 29.1 Å². The van der Waals surface area contributed by atoms with Crippen LogP contribution in [0.2, 0.25) is 0 Å². The molecule has 1 aromatic carbocycles. The van der Waals surface area contributed by atoms with E-state index in [1.54, 1.807) is 12.1 Å². The molecule has 6 nitrogen and oxygen atoms in total. The molecule has 1 aromatic heterocycles. The molecule has 0 aliphatic heterocycles. The number of aromatic hydroxyl groups is 1. The molecule has 102 valence electrons. The number of pyridine rings is 1. The Bertz CT molecular complexity index is 655. The lowest BCUT2D eigenvalue weighted by Crippen LogP contribution is -2.15. The first kappa shape index (κ1) is 13.5. The third-order valence-electron chi connectivity index (χ3n) is 2.48. The number of methoxy groups -OCH3 is 1. The van der Waals surface area contributed by atoms with Gasteiger partial charge in [-0.2, -0.15) is 0 Å². The highest BCUT2D eigenvalue weighted by Gasteiger charge is 2.12. The minimum absolute atomic E-state index is 0.0408. The first-order valence-corrected chi connectivity index (χ1v) is 5.76. The van der Waals surface area contributed by atoms with Crippen LogP contribution >= 0.6 is 0 Å². The van der Waals surface area contributed by atoms with Crippen LogP contribution in [0.25, 0.3) is 0 Å². The van der Waals surface area contributed by atoms with Crippen molar-refractivity contribution in [1.82, 2.24) is 4.98 Å². The number of carbonyl (C=O) groups excluding carboxylic acids is 2. The predicted octanol–water partition coefficient (Wildman–Crippen LogP) is 1.83. The molecule has 2 rings (SSSR count). The number of hydrogen-bond donors (Lipinski definition) is 2. The fourth-order valence-electron chi connectivity index (χ4n) is 1.56. The molecule has 0 radical (unpaired) electrons. The molecule has 0 aliphatic rings. The minimum atomic E-state index is -0.614. The van der Waals surface area contributed by atoms with Gasteiger partial charge in [0.2, 0.25) is 0 Å². The molecule has 2 aromatic rings. The maximum absolute atomic E-state index is 12.0. The van der Waals surface area contributed by atoms with Crippen LogP contribution < -0.4 is 5.32 Å². The Hall–Kier alpha value is -2.89. The van der Waals surface area contributed by atoms with Crippen molar-refractivity contribution in [1.29, 1.82) is 0 Å². The van der Waals surface area contributed by atoms with Gasteiger partial charge in [-0.3, -0.25) is 4.79 Å². The van der Waals surface area contributed by atoms with Gasteiger partial charge in [0, 0.05) is 11.8 Å². The summed E-state index contributed by atoms with van der Waals surface area (Å²) in [7, 11) is 1.24. The zero-order valence-corrected chi connectivity index (χ0v) is 10.7. The standard InChI is InChI=1S/C14H12N2O4/c1-20-14(19)12-7-3-6-11(16-12)13(18)15-9-4-2-5-10(17)8-9/h2-8,17H,1H3,(H,15,18). The van der Waals surface area contributed by atoms with Crippen molar-refractivity contribution < 1.29 is 19.4 Å². The van der Waals surface area contributed by atoms with E-state index >= 15 is 0 Å². The number of hydrogen-bond acceptors (Lipinski definition) is 5. The van der Waals surface area contributed by atoms with E-state index in [9.17, 15) is 14.7 Å². The molecule has 0 bridgehead atoms. The summed E-state index contributed by atoms with van der Waals surface area (Å²) in [5.41, 5.74) is 0.563. The number of aromatic nitrogens is 1. The molecule has 6 heteroatoms. The van der Waals surface area contributed by atoms with E-state index in [4.69, 9.17) is 0 Å². The van der Waals surface area contributed by atoms with Gasteiger partial charge in [0.25, 0.3) is 5.91 Å². The predicted molar refractivity (Wildman–Crippen MR) is 71.6 cm³/mol. The molecule has 0 atom stereocenters. The second-order valence-electron chi connectivity index (χ2n) is 3.90. The maximum Gasteiger partial charge on any atom is 0.356 e. The summed E-state index contributed by atoms with van der Waals surface area (Å²) >= 11 is 0. The summed E-state index contributed by atoms with van der Waals surface area (Å²) in [4.78, 5) is 27.2. The van der Waals surface area contributed by atoms with Crippen LogP contribution in [0.15, 0.2) is 42.5 Å². The van der Waals surface area contributed by atoms with Gasteiger partial charge in [0.05, 0.1) is 7.11 Å². The van der Waals surface area contributed by atoms with Crippen LogP contribution in [0, 0.1) is 0 Å². The molecular formula is C14H12N2O4. The molecule has 1 heterocycles. The number of esters is 1. The Morgan fingerprint density at radius 2 is 1.85 bits per heavy atom. The summed E-state index contributed by atoms with van der Waals surface area (Å²) in [5, 5.41) is 11.9. The summed E-state index contributed by atoms with van der Waals surface area (Å²) < 4.78 is 4.54. The summed E-state index contributed by atoms with van der Waals surface area (Å²) in [6, 6.07) is 10.6. The quantitative estimate of drug-likeness (QED) is 0.832. The van der Waals surface area contributed by atoms with E-state index < -0.39 is 11.9 Å². The topological polar surface area (TPSA) is 88.5 Å². The summed E-state index contributed by atoms with van der Waals surface area (Å²) in [5.74, 6) is -1.06. The highest BCUT2D eigenvalue weighted by Crippen LogP contribution is 2.16. The molecule has 0 spiro atoms. The Morgan fingerprint density at radius 1 is 1.15 bits per heavy atom. The average Bonchev–Trinajstić information content (AvgIpc) is 2.46. The molecule has 0 aliphatic carbocycles. The fourth-order valence-corrected chi connectivity index (χ4v) is 1.56. The Kier molecular flexibility index (Phi) is 3.95. The number of nitrogens with zero attached hydrogens (tertiary/aromatic N) is 1. The lowest BCUT2D eigenvalue weighted by Gasteiger charge is -2.06. The zero-order valence-electron chi connectivity index (χ0n) is 10.7. The largest absolute Gasteiger partial charge is 0.508 e. The van der Waals surface area contributed by atoms with Crippen molar-refractivity contribution in [3.63, 3.8) is 0 Å². The lowest BCUT2D eigenvalue weighted by molar-refractivity contribution is 0.0594. The van der Waals surface area contributed by atoms with Crippen LogP contribution in [0.5, 0.6) is 5.75 Å².